The second kappa shape index (κ2) is 7.02. The Hall–Kier alpha value is -2.90. The number of pyridine rings is 1. The van der Waals surface area contributed by atoms with Crippen molar-refractivity contribution in [1.82, 2.24) is 24.9 Å². The van der Waals surface area contributed by atoms with E-state index in [2.05, 4.69) is 15.6 Å². The third kappa shape index (κ3) is 3.39. The number of fused-ring (bicyclic) bond motifs is 1. The number of urea groups is 1. The number of amides is 4. The molecule has 27 heavy (non-hydrogen) atoms. The highest BCUT2D eigenvalue weighted by molar-refractivity contribution is 6.07. The smallest absolute Gasteiger partial charge is 0.325 e. The maximum Gasteiger partial charge on any atom is 0.325 e. The lowest BCUT2D eigenvalue weighted by atomic mass is 9.98. The third-order valence-electron chi connectivity index (χ3n) is 5.38. The minimum atomic E-state index is -0.712. The predicted molar refractivity (Wildman–Crippen MR) is 98.0 cm³/mol. The van der Waals surface area contributed by atoms with Gasteiger partial charge in [0.1, 0.15) is 11.2 Å². The van der Waals surface area contributed by atoms with Gasteiger partial charge >= 0.3 is 6.03 Å². The lowest BCUT2D eigenvalue weighted by Gasteiger charge is -2.19. The lowest BCUT2D eigenvalue weighted by Crippen LogP contribution is -2.44. The van der Waals surface area contributed by atoms with Crippen molar-refractivity contribution in [2.24, 2.45) is 0 Å². The maximum absolute atomic E-state index is 12.5. The van der Waals surface area contributed by atoms with Crippen molar-refractivity contribution in [2.45, 2.75) is 44.1 Å². The summed E-state index contributed by atoms with van der Waals surface area (Å²) in [5.74, 6) is -0.353. The van der Waals surface area contributed by atoms with E-state index in [0.717, 1.165) is 24.2 Å². The average molecular weight is 369 g/mol. The largest absolute Gasteiger partial charge is 0.356 e. The van der Waals surface area contributed by atoms with Crippen LogP contribution in [-0.4, -0.2) is 50.8 Å². The predicted octanol–water partition coefficient (Wildman–Crippen LogP) is 1.25. The van der Waals surface area contributed by atoms with Crippen LogP contribution in [0.2, 0.25) is 0 Å². The molecule has 0 aromatic carbocycles. The van der Waals surface area contributed by atoms with Crippen molar-refractivity contribution in [3.05, 3.63) is 36.3 Å². The summed E-state index contributed by atoms with van der Waals surface area (Å²) < 4.78 is 1.94. The number of carbonyl (C=O) groups excluding carboxylic acids is 3. The Morgan fingerprint density at radius 2 is 2.07 bits per heavy atom. The summed E-state index contributed by atoms with van der Waals surface area (Å²) >= 11 is 0. The molecule has 0 radical (unpaired) electrons. The van der Waals surface area contributed by atoms with Gasteiger partial charge in [0.2, 0.25) is 5.91 Å². The summed E-state index contributed by atoms with van der Waals surface area (Å²) in [6.45, 7) is 0.583. The summed E-state index contributed by atoms with van der Waals surface area (Å²) in [4.78, 5) is 42.4. The number of carbonyl (C=O) groups is 3. The Bertz CT molecular complexity index is 851. The van der Waals surface area contributed by atoms with E-state index in [1.54, 1.807) is 0 Å². The SMILES string of the molecule is O=C(CCN1C(=O)NC2(CCCC2)C1=O)NCCc1cn2ccccc2n1. The fraction of sp³-hybridized carbons (Fsp3) is 0.474. The van der Waals surface area contributed by atoms with Crippen molar-refractivity contribution in [2.75, 3.05) is 13.1 Å². The van der Waals surface area contributed by atoms with Crippen LogP contribution >= 0.6 is 0 Å². The van der Waals surface area contributed by atoms with Crippen LogP contribution in [0.15, 0.2) is 30.6 Å². The highest BCUT2D eigenvalue weighted by atomic mass is 16.2. The maximum atomic E-state index is 12.5. The number of nitrogens with one attached hydrogen (secondary N) is 2. The van der Waals surface area contributed by atoms with E-state index in [1.165, 1.54) is 4.90 Å². The topological polar surface area (TPSA) is 95.8 Å². The minimum Gasteiger partial charge on any atom is -0.356 e. The molecule has 1 saturated heterocycles. The van der Waals surface area contributed by atoms with Crippen LogP contribution in [0.1, 0.15) is 37.8 Å². The highest BCUT2D eigenvalue weighted by Gasteiger charge is 2.52. The number of imide groups is 1. The summed E-state index contributed by atoms with van der Waals surface area (Å²) in [6.07, 6.45) is 7.89. The van der Waals surface area contributed by atoms with Crippen LogP contribution in [0.3, 0.4) is 0 Å². The molecule has 2 N–H and O–H groups in total. The van der Waals surface area contributed by atoms with E-state index in [9.17, 15) is 14.4 Å². The quantitative estimate of drug-likeness (QED) is 0.749. The molecule has 142 valence electrons. The number of imidazole rings is 1. The summed E-state index contributed by atoms with van der Waals surface area (Å²) in [5, 5.41) is 5.66. The molecule has 1 aliphatic heterocycles. The molecule has 1 spiro atoms. The Labute approximate surface area is 156 Å². The zero-order valence-electron chi connectivity index (χ0n) is 15.1. The second-order valence-corrected chi connectivity index (χ2v) is 7.22. The number of aromatic nitrogens is 2. The molecule has 2 aromatic rings. The molecule has 2 fully saturated rings. The highest BCUT2D eigenvalue weighted by Crippen LogP contribution is 2.34. The molecule has 4 amide bonds. The Morgan fingerprint density at radius 1 is 1.26 bits per heavy atom. The number of hydrogen-bond acceptors (Lipinski definition) is 4. The third-order valence-corrected chi connectivity index (χ3v) is 5.38. The summed E-state index contributed by atoms with van der Waals surface area (Å²) in [7, 11) is 0. The van der Waals surface area contributed by atoms with Gasteiger partial charge in [0.15, 0.2) is 0 Å². The van der Waals surface area contributed by atoms with E-state index in [0.29, 0.717) is 25.8 Å². The van der Waals surface area contributed by atoms with Crippen LogP contribution in [0, 0.1) is 0 Å². The van der Waals surface area contributed by atoms with Gasteiger partial charge in [0, 0.05) is 38.3 Å². The van der Waals surface area contributed by atoms with Gasteiger partial charge in [-0.15, -0.1) is 0 Å². The van der Waals surface area contributed by atoms with Crippen LogP contribution in [0.25, 0.3) is 5.65 Å². The molecule has 1 aliphatic carbocycles. The van der Waals surface area contributed by atoms with Crippen molar-refractivity contribution >= 4 is 23.5 Å². The fourth-order valence-corrected chi connectivity index (χ4v) is 3.94. The second-order valence-electron chi connectivity index (χ2n) is 7.22. The standard InChI is InChI=1S/C19H23N5O3/c25-16(20-10-6-14-13-23-11-4-1-5-15(23)21-14)7-12-24-17(26)19(22-18(24)27)8-2-3-9-19/h1,4-5,11,13H,2-3,6-10,12H2,(H,20,25)(H,22,27). The molecule has 3 heterocycles. The molecule has 2 aliphatic rings. The molecular weight excluding hydrogens is 346 g/mol. The van der Waals surface area contributed by atoms with Crippen LogP contribution in [-0.2, 0) is 16.0 Å². The molecule has 0 bridgehead atoms. The van der Waals surface area contributed by atoms with Crippen molar-refractivity contribution in [3.63, 3.8) is 0 Å². The average Bonchev–Trinajstić information content (AvgIpc) is 3.33. The first-order valence-corrected chi connectivity index (χ1v) is 9.41. The van der Waals surface area contributed by atoms with E-state index >= 15 is 0 Å². The fourth-order valence-electron chi connectivity index (χ4n) is 3.94. The summed E-state index contributed by atoms with van der Waals surface area (Å²) in [6, 6.07) is 5.42. The monoisotopic (exact) mass is 369 g/mol. The van der Waals surface area contributed by atoms with Crippen LogP contribution < -0.4 is 10.6 Å². The van der Waals surface area contributed by atoms with E-state index in [1.807, 2.05) is 35.0 Å². The van der Waals surface area contributed by atoms with Crippen LogP contribution in [0.4, 0.5) is 4.79 Å². The summed E-state index contributed by atoms with van der Waals surface area (Å²) in [5.41, 5.74) is 1.06. The molecule has 8 heteroatoms. The Kier molecular flexibility index (Phi) is 4.55. The van der Waals surface area contributed by atoms with Gasteiger partial charge in [-0.1, -0.05) is 18.9 Å². The van der Waals surface area contributed by atoms with Crippen molar-refractivity contribution in [1.29, 1.82) is 0 Å². The molecule has 2 aromatic heterocycles. The normalized spacial score (nSPS) is 18.4. The van der Waals surface area contributed by atoms with Gasteiger partial charge < -0.3 is 15.0 Å². The van der Waals surface area contributed by atoms with Gasteiger partial charge in [0.25, 0.3) is 5.91 Å². The first-order chi connectivity index (χ1) is 13.1. The first-order valence-electron chi connectivity index (χ1n) is 9.41. The molecule has 0 unspecified atom stereocenters. The first kappa shape index (κ1) is 17.5. The van der Waals surface area contributed by atoms with Gasteiger partial charge in [-0.05, 0) is 25.0 Å². The zero-order chi connectivity index (χ0) is 18.9. The molecule has 8 nitrogen and oxygen atoms in total. The molecule has 0 atom stereocenters. The molecular formula is C19H23N5O3. The number of nitrogens with zero attached hydrogens (tertiary/aromatic N) is 3. The van der Waals surface area contributed by atoms with E-state index < -0.39 is 5.54 Å². The van der Waals surface area contributed by atoms with Gasteiger partial charge in [-0.2, -0.15) is 0 Å². The van der Waals surface area contributed by atoms with Gasteiger partial charge in [0.05, 0.1) is 5.69 Å². The molecule has 1 saturated carbocycles. The Balaban J connectivity index is 1.24. The van der Waals surface area contributed by atoms with E-state index in [4.69, 9.17) is 0 Å². The van der Waals surface area contributed by atoms with Crippen molar-refractivity contribution in [3.8, 4) is 0 Å². The number of hydrogen-bond donors (Lipinski definition) is 2. The number of rotatable bonds is 6. The Morgan fingerprint density at radius 3 is 2.85 bits per heavy atom. The van der Waals surface area contributed by atoms with E-state index in [-0.39, 0.29) is 30.8 Å². The van der Waals surface area contributed by atoms with Gasteiger partial charge in [-0.25, -0.2) is 9.78 Å². The van der Waals surface area contributed by atoms with Crippen LogP contribution in [0.5, 0.6) is 0 Å². The molecule has 4 rings (SSSR count). The van der Waals surface area contributed by atoms with Gasteiger partial charge in [-0.3, -0.25) is 14.5 Å². The zero-order valence-corrected chi connectivity index (χ0v) is 15.1. The minimum absolute atomic E-state index is 0.112. The van der Waals surface area contributed by atoms with Crippen molar-refractivity contribution < 1.29 is 14.4 Å². The lowest BCUT2D eigenvalue weighted by molar-refractivity contribution is -0.131.